The standard InChI is InChI=1S/C9H19O3P/c1-4-13(10,11)12-8-6-5-7-9(2)3/h5-6,9H,4,7-8H2,1-3H3,(H,10,11). The molecule has 0 saturated heterocycles. The van der Waals surface area contributed by atoms with Gasteiger partial charge in [0, 0.05) is 6.16 Å². The molecule has 0 aliphatic heterocycles. The molecular formula is C9H19O3P. The zero-order valence-corrected chi connectivity index (χ0v) is 9.46. The normalized spacial score (nSPS) is 16.7. The molecule has 0 radical (unpaired) electrons. The van der Waals surface area contributed by atoms with E-state index in [1.165, 1.54) is 0 Å². The van der Waals surface area contributed by atoms with Crippen LogP contribution in [0, 0.1) is 5.92 Å². The fourth-order valence-corrected chi connectivity index (χ4v) is 1.19. The molecule has 1 atom stereocenters. The SMILES string of the molecule is CCP(=O)(O)OCC=CCC(C)C. The number of hydrogen-bond acceptors (Lipinski definition) is 2. The van der Waals surface area contributed by atoms with Gasteiger partial charge in [-0.3, -0.25) is 4.57 Å². The maximum atomic E-state index is 11.0. The minimum absolute atomic E-state index is 0.172. The van der Waals surface area contributed by atoms with Gasteiger partial charge < -0.3 is 9.42 Å². The lowest BCUT2D eigenvalue weighted by atomic mass is 10.1. The van der Waals surface area contributed by atoms with Gasteiger partial charge in [0.2, 0.25) is 0 Å². The van der Waals surface area contributed by atoms with Crippen LogP contribution in [0.1, 0.15) is 27.2 Å². The predicted octanol–water partition coefficient (Wildman–Crippen LogP) is 2.81. The van der Waals surface area contributed by atoms with Gasteiger partial charge in [0.15, 0.2) is 0 Å². The van der Waals surface area contributed by atoms with E-state index >= 15 is 0 Å². The van der Waals surface area contributed by atoms with Crippen molar-refractivity contribution in [1.29, 1.82) is 0 Å². The molecule has 0 aromatic carbocycles. The highest BCUT2D eigenvalue weighted by Crippen LogP contribution is 2.40. The Bertz CT molecular complexity index is 199. The van der Waals surface area contributed by atoms with Crippen LogP contribution in [-0.4, -0.2) is 17.7 Å². The Kier molecular flexibility index (Phi) is 6.31. The van der Waals surface area contributed by atoms with Crippen molar-refractivity contribution in [3.63, 3.8) is 0 Å². The van der Waals surface area contributed by atoms with Crippen LogP contribution in [0.15, 0.2) is 12.2 Å². The topological polar surface area (TPSA) is 46.5 Å². The van der Waals surface area contributed by atoms with Crippen LogP contribution in [0.2, 0.25) is 0 Å². The van der Waals surface area contributed by atoms with Crippen molar-refractivity contribution in [2.24, 2.45) is 5.92 Å². The van der Waals surface area contributed by atoms with E-state index in [0.717, 1.165) is 6.42 Å². The molecule has 0 rings (SSSR count). The quantitative estimate of drug-likeness (QED) is 0.537. The molecule has 0 spiro atoms. The Labute approximate surface area is 80.3 Å². The predicted molar refractivity (Wildman–Crippen MR) is 54.9 cm³/mol. The van der Waals surface area contributed by atoms with Crippen LogP contribution in [0.25, 0.3) is 0 Å². The Morgan fingerprint density at radius 2 is 2.08 bits per heavy atom. The van der Waals surface area contributed by atoms with Gasteiger partial charge in [-0.2, -0.15) is 0 Å². The summed E-state index contributed by atoms with van der Waals surface area (Å²) >= 11 is 0. The summed E-state index contributed by atoms with van der Waals surface area (Å²) in [6, 6.07) is 0. The molecule has 0 aliphatic rings. The molecule has 0 saturated carbocycles. The summed E-state index contributed by atoms with van der Waals surface area (Å²) in [6.45, 7) is 6.11. The Balaban J connectivity index is 3.56. The average molecular weight is 206 g/mol. The third kappa shape index (κ3) is 8.23. The van der Waals surface area contributed by atoms with Crippen molar-refractivity contribution in [2.75, 3.05) is 12.8 Å². The minimum Gasteiger partial charge on any atom is -0.324 e. The second-order valence-corrected chi connectivity index (χ2v) is 5.52. The molecule has 1 N–H and O–H groups in total. The van der Waals surface area contributed by atoms with Crippen LogP contribution in [0.5, 0.6) is 0 Å². The average Bonchev–Trinajstić information content (AvgIpc) is 2.03. The van der Waals surface area contributed by atoms with Gasteiger partial charge in [-0.1, -0.05) is 32.9 Å². The van der Waals surface area contributed by atoms with Gasteiger partial charge in [-0.15, -0.1) is 0 Å². The van der Waals surface area contributed by atoms with Crippen molar-refractivity contribution >= 4 is 7.60 Å². The van der Waals surface area contributed by atoms with Crippen molar-refractivity contribution in [3.8, 4) is 0 Å². The van der Waals surface area contributed by atoms with E-state index in [9.17, 15) is 4.57 Å². The highest BCUT2D eigenvalue weighted by Gasteiger charge is 2.13. The van der Waals surface area contributed by atoms with Gasteiger partial charge >= 0.3 is 7.60 Å². The first-order valence-electron chi connectivity index (χ1n) is 4.59. The van der Waals surface area contributed by atoms with Crippen molar-refractivity contribution in [2.45, 2.75) is 27.2 Å². The maximum absolute atomic E-state index is 11.0. The third-order valence-electron chi connectivity index (χ3n) is 1.55. The zero-order valence-electron chi connectivity index (χ0n) is 8.56. The molecule has 0 fully saturated rings. The Morgan fingerprint density at radius 3 is 2.54 bits per heavy atom. The van der Waals surface area contributed by atoms with Crippen molar-refractivity contribution in [3.05, 3.63) is 12.2 Å². The highest BCUT2D eigenvalue weighted by atomic mass is 31.2. The molecule has 0 aromatic heterocycles. The zero-order chi connectivity index (χ0) is 10.3. The fraction of sp³-hybridized carbons (Fsp3) is 0.778. The van der Waals surface area contributed by atoms with Gasteiger partial charge in [0.05, 0.1) is 6.61 Å². The molecule has 78 valence electrons. The Morgan fingerprint density at radius 1 is 1.46 bits per heavy atom. The lowest BCUT2D eigenvalue weighted by Crippen LogP contribution is -1.92. The molecular weight excluding hydrogens is 187 g/mol. The summed E-state index contributed by atoms with van der Waals surface area (Å²) in [5.74, 6) is 0.614. The lowest BCUT2D eigenvalue weighted by Gasteiger charge is -2.06. The first kappa shape index (κ1) is 12.9. The summed E-state index contributed by atoms with van der Waals surface area (Å²) in [5.41, 5.74) is 0. The summed E-state index contributed by atoms with van der Waals surface area (Å²) in [7, 11) is -3.29. The number of allylic oxidation sites excluding steroid dienone is 1. The number of rotatable bonds is 6. The van der Waals surface area contributed by atoms with Gasteiger partial charge in [0.25, 0.3) is 0 Å². The second-order valence-electron chi connectivity index (χ2n) is 3.35. The van der Waals surface area contributed by atoms with E-state index in [0.29, 0.717) is 5.92 Å². The lowest BCUT2D eigenvalue weighted by molar-refractivity contribution is 0.288. The first-order chi connectivity index (χ1) is 5.98. The molecule has 0 amide bonds. The largest absolute Gasteiger partial charge is 0.328 e. The molecule has 0 aliphatic carbocycles. The molecule has 1 unspecified atom stereocenters. The van der Waals surface area contributed by atoms with Crippen molar-refractivity contribution in [1.82, 2.24) is 0 Å². The third-order valence-corrected chi connectivity index (χ3v) is 2.90. The molecule has 0 bridgehead atoms. The molecule has 4 heteroatoms. The van der Waals surface area contributed by atoms with E-state index in [2.05, 4.69) is 13.8 Å². The van der Waals surface area contributed by atoms with Crippen LogP contribution in [0.4, 0.5) is 0 Å². The van der Waals surface area contributed by atoms with Crippen molar-refractivity contribution < 1.29 is 14.0 Å². The highest BCUT2D eigenvalue weighted by molar-refractivity contribution is 7.52. The summed E-state index contributed by atoms with van der Waals surface area (Å²) in [4.78, 5) is 9.03. The summed E-state index contributed by atoms with van der Waals surface area (Å²) in [5, 5.41) is 0. The minimum atomic E-state index is -3.29. The Hall–Kier alpha value is -0.110. The first-order valence-corrected chi connectivity index (χ1v) is 6.35. The van der Waals surface area contributed by atoms with E-state index < -0.39 is 7.60 Å². The fourth-order valence-electron chi connectivity index (χ4n) is 0.687. The molecule has 13 heavy (non-hydrogen) atoms. The van der Waals surface area contributed by atoms with Gasteiger partial charge in [-0.25, -0.2) is 0 Å². The summed E-state index contributed by atoms with van der Waals surface area (Å²) in [6.07, 6.45) is 4.91. The smallest absolute Gasteiger partial charge is 0.324 e. The summed E-state index contributed by atoms with van der Waals surface area (Å²) < 4.78 is 15.8. The van der Waals surface area contributed by atoms with Gasteiger partial charge in [-0.05, 0) is 12.3 Å². The second kappa shape index (κ2) is 6.36. The molecule has 0 heterocycles. The van der Waals surface area contributed by atoms with E-state index in [1.807, 2.05) is 6.08 Å². The molecule has 3 nitrogen and oxygen atoms in total. The van der Waals surface area contributed by atoms with Crippen LogP contribution in [0.3, 0.4) is 0 Å². The van der Waals surface area contributed by atoms with E-state index in [-0.39, 0.29) is 12.8 Å². The molecule has 0 aromatic rings. The van der Waals surface area contributed by atoms with E-state index in [4.69, 9.17) is 9.42 Å². The van der Waals surface area contributed by atoms with Gasteiger partial charge in [0.1, 0.15) is 0 Å². The van der Waals surface area contributed by atoms with Crippen LogP contribution < -0.4 is 0 Å². The number of hydrogen-bond donors (Lipinski definition) is 1. The maximum Gasteiger partial charge on any atom is 0.328 e. The monoisotopic (exact) mass is 206 g/mol. The van der Waals surface area contributed by atoms with Crippen LogP contribution >= 0.6 is 7.60 Å². The van der Waals surface area contributed by atoms with Crippen LogP contribution in [-0.2, 0) is 9.09 Å². The van der Waals surface area contributed by atoms with E-state index in [1.54, 1.807) is 13.0 Å².